The van der Waals surface area contributed by atoms with Crippen molar-refractivity contribution in [1.29, 1.82) is 0 Å². The van der Waals surface area contributed by atoms with Gasteiger partial charge in [-0.1, -0.05) is 100 Å². The van der Waals surface area contributed by atoms with Gasteiger partial charge in [-0.25, -0.2) is 0 Å². The van der Waals surface area contributed by atoms with Crippen LogP contribution in [0.2, 0.25) is 0 Å². The molecule has 64 heavy (non-hydrogen) atoms. The van der Waals surface area contributed by atoms with Gasteiger partial charge in [-0.2, -0.15) is 0 Å². The molecule has 0 bridgehead atoms. The summed E-state index contributed by atoms with van der Waals surface area (Å²) in [7, 11) is 0. The van der Waals surface area contributed by atoms with E-state index in [0.29, 0.717) is 48.4 Å². The van der Waals surface area contributed by atoms with E-state index < -0.39 is 0 Å². The predicted molar refractivity (Wildman–Crippen MR) is 261 cm³/mol. The zero-order valence-corrected chi connectivity index (χ0v) is 36.3. The second-order valence-electron chi connectivity index (χ2n) is 17.9. The summed E-state index contributed by atoms with van der Waals surface area (Å²) in [6, 6.07) is 34.1. The number of hydrogen-bond acceptors (Lipinski definition) is 6. The van der Waals surface area contributed by atoms with Gasteiger partial charge >= 0.3 is 0 Å². The third-order valence-electron chi connectivity index (χ3n) is 15.4. The van der Waals surface area contributed by atoms with E-state index in [4.69, 9.17) is 0 Å². The van der Waals surface area contributed by atoms with Gasteiger partial charge in [-0.3, -0.25) is 29.0 Å². The summed E-state index contributed by atoms with van der Waals surface area (Å²) in [4.78, 5) is 63.8. The fourth-order valence-electron chi connectivity index (χ4n) is 12.1. The number of likely N-dealkylation sites (N-methyl/N-ethyl adjacent to an activating group) is 2. The molecule has 0 atom stereocenters. The molecule has 2 heterocycles. The van der Waals surface area contributed by atoms with Crippen molar-refractivity contribution in [2.75, 3.05) is 52.4 Å². The minimum Gasteiger partial charge on any atom is -0.302 e. The second kappa shape index (κ2) is 13.3. The van der Waals surface area contributed by atoms with Crippen LogP contribution in [0.4, 0.5) is 0 Å². The number of fused-ring (bicyclic) bond motifs is 6. The maximum absolute atomic E-state index is 14.1. The average Bonchev–Trinajstić information content (AvgIpc) is 3.33. The number of nitrogens with zero attached hydrogens (tertiary/aromatic N) is 4. The first-order valence-electron chi connectivity index (χ1n) is 22.9. The maximum atomic E-state index is 14.1. The van der Waals surface area contributed by atoms with Gasteiger partial charge in [0.25, 0.3) is 23.6 Å². The summed E-state index contributed by atoms with van der Waals surface area (Å²) in [5, 5.41) is 21.5. The van der Waals surface area contributed by atoms with Crippen LogP contribution < -0.4 is 0 Å². The highest BCUT2D eigenvalue weighted by molar-refractivity contribution is 6.47. The van der Waals surface area contributed by atoms with E-state index in [0.717, 1.165) is 90.8 Å². The van der Waals surface area contributed by atoms with Crippen molar-refractivity contribution in [2.24, 2.45) is 0 Å². The van der Waals surface area contributed by atoms with Crippen molar-refractivity contribution in [3.05, 3.63) is 119 Å². The third-order valence-corrected chi connectivity index (χ3v) is 15.4. The Morgan fingerprint density at radius 2 is 0.484 bits per heavy atom. The molecule has 0 radical (unpaired) electrons. The molecule has 0 spiro atoms. The van der Waals surface area contributed by atoms with Gasteiger partial charge in [0.1, 0.15) is 0 Å². The lowest BCUT2D eigenvalue weighted by Crippen LogP contribution is -2.44. The summed E-state index contributed by atoms with van der Waals surface area (Å²) < 4.78 is 0. The number of rotatable bonds is 10. The lowest BCUT2D eigenvalue weighted by molar-refractivity contribution is 0.0579. The fraction of sp³-hybridized carbons (Fsp3) is 0.214. The van der Waals surface area contributed by atoms with E-state index >= 15 is 0 Å². The molecule has 0 aromatic heterocycles. The highest BCUT2D eigenvalue weighted by atomic mass is 16.2. The van der Waals surface area contributed by atoms with Crippen molar-refractivity contribution in [1.82, 2.24) is 19.6 Å². The quantitative estimate of drug-likeness (QED) is 0.0775. The highest BCUT2D eigenvalue weighted by Crippen LogP contribution is 2.52. The molecule has 0 saturated carbocycles. The van der Waals surface area contributed by atoms with Crippen molar-refractivity contribution in [3.8, 4) is 0 Å². The smallest absolute Gasteiger partial charge is 0.261 e. The molecule has 0 aliphatic carbocycles. The zero-order chi connectivity index (χ0) is 43.4. The van der Waals surface area contributed by atoms with Crippen LogP contribution in [-0.2, 0) is 0 Å². The summed E-state index contributed by atoms with van der Waals surface area (Å²) in [5.41, 5.74) is 2.35. The normalized spacial score (nSPS) is 14.8. The van der Waals surface area contributed by atoms with Gasteiger partial charge in [0.2, 0.25) is 0 Å². The minimum atomic E-state index is -0.223. The highest BCUT2D eigenvalue weighted by Gasteiger charge is 2.36. The first-order valence-corrected chi connectivity index (χ1v) is 22.9. The topological polar surface area (TPSA) is 81.2 Å². The standard InChI is InChI=1S/C56H44N4O4/c1-5-57(6-2)25-27-59-53(61)41-21-17-37-33-13-9-29-31-11-15-35-39-19-23-43-52-44(56(64)60(55(43)63)28-26-58(7-3)8-4)24-20-40(50(39)52)36-16-12-32(46(31)48(35)36)30-10-14-34(47(33)45(29)30)38-18-22-42(54(59)62)51(41)49(37)38/h9-24H,5-8,25-28H2,1-4H3. The van der Waals surface area contributed by atoms with Crippen LogP contribution in [0.5, 0.6) is 0 Å². The van der Waals surface area contributed by atoms with Crippen LogP contribution >= 0.6 is 0 Å². The van der Waals surface area contributed by atoms with Crippen LogP contribution in [0.15, 0.2) is 97.1 Å². The molecular formula is C56H44N4O4. The Balaban J connectivity index is 1.02. The Morgan fingerprint density at radius 3 is 0.688 bits per heavy atom. The summed E-state index contributed by atoms with van der Waals surface area (Å²) in [6.45, 7) is 13.8. The number of amides is 4. The van der Waals surface area contributed by atoms with Crippen molar-refractivity contribution < 1.29 is 19.2 Å². The van der Waals surface area contributed by atoms with E-state index in [2.05, 4.69) is 110 Å². The SMILES string of the molecule is CCN(CC)CCN1C(=O)c2ccc3c4ccc5c6ccc7c8ccc9c%10c(ccc(c%11ccc(c%12ccc(c%13ccc(c2c3%13)C1=O)c4c5%12)c6c7%11)c%108)C(=O)N(CCN(CC)CC)C9=O. The number of benzene rings is 11. The van der Waals surface area contributed by atoms with E-state index in [-0.39, 0.29) is 23.6 Å². The number of hydrogen-bond donors (Lipinski definition) is 0. The molecule has 8 heteroatoms. The van der Waals surface area contributed by atoms with Crippen LogP contribution in [-0.4, -0.2) is 95.6 Å². The first-order chi connectivity index (χ1) is 31.3. The molecule has 2 aliphatic rings. The molecule has 0 N–H and O–H groups in total. The minimum absolute atomic E-state index is 0.223. The summed E-state index contributed by atoms with van der Waals surface area (Å²) >= 11 is 0. The second-order valence-corrected chi connectivity index (χ2v) is 17.9. The van der Waals surface area contributed by atoms with Gasteiger partial charge in [0, 0.05) is 59.2 Å². The monoisotopic (exact) mass is 836 g/mol. The number of carbonyl (C=O) groups excluding carboxylic acids is 4. The number of carbonyl (C=O) groups is 4. The molecule has 11 aromatic rings. The molecule has 13 rings (SSSR count). The summed E-state index contributed by atoms with van der Waals surface area (Å²) in [6.07, 6.45) is 0. The summed E-state index contributed by atoms with van der Waals surface area (Å²) in [5.74, 6) is -0.893. The van der Waals surface area contributed by atoms with Crippen molar-refractivity contribution >= 4 is 131 Å². The van der Waals surface area contributed by atoms with E-state index in [1.165, 1.54) is 52.9 Å². The van der Waals surface area contributed by atoms with Crippen LogP contribution in [0.3, 0.4) is 0 Å². The van der Waals surface area contributed by atoms with Gasteiger partial charge in [0.15, 0.2) is 0 Å². The van der Waals surface area contributed by atoms with E-state index in [1.54, 1.807) is 0 Å². The number of imide groups is 2. The third kappa shape index (κ3) is 4.59. The van der Waals surface area contributed by atoms with Gasteiger partial charge in [0.05, 0.1) is 0 Å². The molecule has 8 nitrogen and oxygen atoms in total. The zero-order valence-electron chi connectivity index (χ0n) is 36.3. The molecule has 2 aliphatic heterocycles. The largest absolute Gasteiger partial charge is 0.302 e. The Morgan fingerprint density at radius 1 is 0.297 bits per heavy atom. The lowest BCUT2D eigenvalue weighted by Gasteiger charge is -2.30. The Kier molecular flexibility index (Phi) is 7.78. The van der Waals surface area contributed by atoms with Gasteiger partial charge < -0.3 is 9.80 Å². The van der Waals surface area contributed by atoms with Crippen LogP contribution in [0, 0.1) is 0 Å². The van der Waals surface area contributed by atoms with Crippen molar-refractivity contribution in [3.63, 3.8) is 0 Å². The first kappa shape index (κ1) is 37.5. The molecule has 0 unspecified atom stereocenters. The Bertz CT molecular complexity index is 3430. The molecule has 312 valence electrons. The van der Waals surface area contributed by atoms with Gasteiger partial charge in [-0.05, 0) is 147 Å². The molecular weight excluding hydrogens is 793 g/mol. The van der Waals surface area contributed by atoms with E-state index in [1.807, 2.05) is 24.3 Å². The molecule has 11 aromatic carbocycles. The Hall–Kier alpha value is -7.00. The lowest BCUT2D eigenvalue weighted by atomic mass is 9.80. The molecule has 0 saturated heterocycles. The van der Waals surface area contributed by atoms with Gasteiger partial charge in [-0.15, -0.1) is 0 Å². The fourth-order valence-corrected chi connectivity index (χ4v) is 12.1. The van der Waals surface area contributed by atoms with Crippen LogP contribution in [0.25, 0.3) is 108 Å². The maximum Gasteiger partial charge on any atom is 0.261 e. The molecule has 4 amide bonds. The van der Waals surface area contributed by atoms with Crippen LogP contribution in [0.1, 0.15) is 69.1 Å². The predicted octanol–water partition coefficient (Wildman–Crippen LogP) is 11.4. The van der Waals surface area contributed by atoms with Crippen molar-refractivity contribution in [2.45, 2.75) is 27.7 Å². The Labute approximate surface area is 368 Å². The van der Waals surface area contributed by atoms with E-state index in [9.17, 15) is 19.2 Å². The average molecular weight is 837 g/mol. The molecule has 0 fully saturated rings.